The number of ketones is 1. The second-order valence-electron chi connectivity index (χ2n) is 5.36. The lowest BCUT2D eigenvalue weighted by atomic mass is 9.68. The molecule has 0 aromatic heterocycles. The fourth-order valence-electron chi connectivity index (χ4n) is 2.91. The first-order valence-corrected chi connectivity index (χ1v) is 5.53. The van der Waals surface area contributed by atoms with Gasteiger partial charge in [0.25, 0.3) is 0 Å². The zero-order valence-corrected chi connectivity index (χ0v) is 9.71. The molecular formula is C14H16O2. The summed E-state index contributed by atoms with van der Waals surface area (Å²) in [6, 6.07) is 0. The Hall–Kier alpha value is -1.49. The Labute approximate surface area is 96.0 Å². The highest BCUT2D eigenvalue weighted by atomic mass is 16.2. The number of terminal acetylenes is 1. The van der Waals surface area contributed by atoms with Crippen LogP contribution >= 0.6 is 0 Å². The molecule has 1 atom stereocenters. The van der Waals surface area contributed by atoms with Crippen LogP contribution in [0.3, 0.4) is 0 Å². The van der Waals surface area contributed by atoms with Crippen LogP contribution in [0.5, 0.6) is 0 Å². The van der Waals surface area contributed by atoms with Gasteiger partial charge in [-0.25, -0.2) is 0 Å². The number of aliphatic hydroxyl groups is 1. The van der Waals surface area contributed by atoms with Gasteiger partial charge in [-0.05, 0) is 36.3 Å². The molecule has 2 aliphatic rings. The Morgan fingerprint density at radius 3 is 2.75 bits per heavy atom. The number of aliphatic hydroxyl groups excluding tert-OH is 1. The normalized spacial score (nSPS) is 34.4. The van der Waals surface area contributed by atoms with E-state index in [1.54, 1.807) is 6.08 Å². The Morgan fingerprint density at radius 1 is 1.50 bits per heavy atom. The molecule has 16 heavy (non-hydrogen) atoms. The summed E-state index contributed by atoms with van der Waals surface area (Å²) in [7, 11) is 0. The van der Waals surface area contributed by atoms with Crippen LogP contribution in [0.4, 0.5) is 0 Å². The Morgan fingerprint density at radius 2 is 2.19 bits per heavy atom. The third-order valence-electron chi connectivity index (χ3n) is 3.94. The average molecular weight is 216 g/mol. The maximum atomic E-state index is 11.7. The van der Waals surface area contributed by atoms with Gasteiger partial charge in [0.1, 0.15) is 0 Å². The number of rotatable bonds is 0. The summed E-state index contributed by atoms with van der Waals surface area (Å²) in [4.78, 5) is 11.7. The van der Waals surface area contributed by atoms with Crippen molar-refractivity contribution in [2.75, 3.05) is 0 Å². The van der Waals surface area contributed by atoms with E-state index in [-0.39, 0.29) is 16.6 Å². The molecule has 2 aliphatic carbocycles. The monoisotopic (exact) mass is 216 g/mol. The predicted octanol–water partition coefficient (Wildman–Crippen LogP) is 2.77. The number of hydrogen-bond acceptors (Lipinski definition) is 2. The van der Waals surface area contributed by atoms with Crippen LogP contribution in [-0.2, 0) is 4.79 Å². The lowest BCUT2D eigenvalue weighted by Crippen LogP contribution is -2.28. The zero-order chi connectivity index (χ0) is 12.0. The van der Waals surface area contributed by atoms with Crippen molar-refractivity contribution in [2.24, 2.45) is 10.8 Å². The number of hydrogen-bond donors (Lipinski definition) is 1. The molecule has 0 amide bonds. The van der Waals surface area contributed by atoms with Crippen LogP contribution < -0.4 is 0 Å². The molecular weight excluding hydrogens is 200 g/mol. The van der Waals surface area contributed by atoms with Gasteiger partial charge in [0.2, 0.25) is 0 Å². The summed E-state index contributed by atoms with van der Waals surface area (Å²) < 4.78 is 0. The first-order valence-electron chi connectivity index (χ1n) is 5.53. The van der Waals surface area contributed by atoms with Crippen molar-refractivity contribution < 1.29 is 9.90 Å². The van der Waals surface area contributed by atoms with E-state index in [1.807, 2.05) is 0 Å². The van der Waals surface area contributed by atoms with Gasteiger partial charge in [-0.2, -0.15) is 0 Å². The molecule has 0 spiro atoms. The van der Waals surface area contributed by atoms with Crippen LogP contribution in [0.25, 0.3) is 0 Å². The van der Waals surface area contributed by atoms with E-state index in [1.165, 1.54) is 0 Å². The van der Waals surface area contributed by atoms with Gasteiger partial charge in [-0.3, -0.25) is 4.79 Å². The highest BCUT2D eigenvalue weighted by Crippen LogP contribution is 2.57. The molecule has 0 bridgehead atoms. The van der Waals surface area contributed by atoms with Gasteiger partial charge in [0.15, 0.2) is 5.78 Å². The zero-order valence-electron chi connectivity index (χ0n) is 9.71. The van der Waals surface area contributed by atoms with Crippen molar-refractivity contribution in [1.29, 1.82) is 0 Å². The van der Waals surface area contributed by atoms with Gasteiger partial charge in [0.05, 0.1) is 11.7 Å². The second-order valence-corrected chi connectivity index (χ2v) is 5.36. The highest BCUT2D eigenvalue weighted by molar-refractivity contribution is 6.06. The molecule has 1 fully saturated rings. The molecule has 2 nitrogen and oxygen atoms in total. The SMILES string of the molecule is C#CC12CCC(C)(C)C1=CC(=O)/C(=C\O)C2. The molecule has 0 aromatic rings. The molecule has 0 heterocycles. The molecule has 2 heteroatoms. The van der Waals surface area contributed by atoms with Crippen molar-refractivity contribution in [3.8, 4) is 12.3 Å². The summed E-state index contributed by atoms with van der Waals surface area (Å²) in [5.74, 6) is 2.75. The summed E-state index contributed by atoms with van der Waals surface area (Å²) >= 11 is 0. The van der Waals surface area contributed by atoms with Crippen LogP contribution in [0.1, 0.15) is 33.1 Å². The Balaban J connectivity index is 2.58. The van der Waals surface area contributed by atoms with Gasteiger partial charge in [-0.15, -0.1) is 6.42 Å². The molecule has 0 saturated heterocycles. The first-order chi connectivity index (χ1) is 7.45. The first kappa shape index (κ1) is 11.0. The van der Waals surface area contributed by atoms with E-state index >= 15 is 0 Å². The number of fused-ring (bicyclic) bond motifs is 1. The minimum absolute atomic E-state index is 0.00299. The van der Waals surface area contributed by atoms with E-state index in [0.29, 0.717) is 12.0 Å². The molecule has 2 rings (SSSR count). The number of allylic oxidation sites excluding steroid dienone is 3. The molecule has 0 radical (unpaired) electrons. The minimum Gasteiger partial charge on any atom is -0.515 e. The standard InChI is InChI=1S/C14H16O2/c1-4-14-6-5-13(2,3)12(14)7-11(16)10(8-14)9-15/h1,7,9,15H,5-6,8H2,2-3H3/b10-9-. The van der Waals surface area contributed by atoms with Gasteiger partial charge < -0.3 is 5.11 Å². The lowest BCUT2D eigenvalue weighted by molar-refractivity contribution is -0.112. The number of carbonyl (C=O) groups is 1. The van der Waals surface area contributed by atoms with E-state index in [9.17, 15) is 4.79 Å². The third-order valence-corrected chi connectivity index (χ3v) is 3.94. The van der Waals surface area contributed by atoms with E-state index in [4.69, 9.17) is 11.5 Å². The molecule has 0 aromatic carbocycles. The highest BCUT2D eigenvalue weighted by Gasteiger charge is 2.50. The van der Waals surface area contributed by atoms with E-state index in [2.05, 4.69) is 19.8 Å². The Bertz CT molecular complexity index is 446. The van der Waals surface area contributed by atoms with E-state index in [0.717, 1.165) is 24.7 Å². The van der Waals surface area contributed by atoms with Crippen molar-refractivity contribution >= 4 is 5.78 Å². The van der Waals surface area contributed by atoms with Crippen molar-refractivity contribution in [3.05, 3.63) is 23.5 Å². The summed E-state index contributed by atoms with van der Waals surface area (Å²) in [6.07, 6.45) is 10.6. The van der Waals surface area contributed by atoms with Crippen molar-refractivity contribution in [2.45, 2.75) is 33.1 Å². The lowest BCUT2D eigenvalue weighted by Gasteiger charge is -2.33. The van der Waals surface area contributed by atoms with E-state index < -0.39 is 0 Å². The summed E-state index contributed by atoms with van der Waals surface area (Å²) in [5, 5.41) is 9.04. The second kappa shape index (κ2) is 3.25. The van der Waals surface area contributed by atoms with Crippen LogP contribution in [0.15, 0.2) is 23.5 Å². The van der Waals surface area contributed by atoms with Crippen LogP contribution in [0, 0.1) is 23.2 Å². The smallest absolute Gasteiger partial charge is 0.184 e. The number of carbonyl (C=O) groups excluding carboxylic acids is 1. The minimum atomic E-state index is -0.341. The quantitative estimate of drug-likeness (QED) is 0.384. The maximum absolute atomic E-state index is 11.7. The van der Waals surface area contributed by atoms with Gasteiger partial charge >= 0.3 is 0 Å². The molecule has 84 valence electrons. The average Bonchev–Trinajstić information content (AvgIpc) is 2.52. The van der Waals surface area contributed by atoms with Crippen molar-refractivity contribution in [3.63, 3.8) is 0 Å². The van der Waals surface area contributed by atoms with Gasteiger partial charge in [0, 0.05) is 5.57 Å². The molecule has 1 N–H and O–H groups in total. The van der Waals surface area contributed by atoms with Crippen LogP contribution in [0.2, 0.25) is 0 Å². The Kier molecular flexibility index (Phi) is 2.24. The fourth-order valence-corrected chi connectivity index (χ4v) is 2.91. The summed E-state index contributed by atoms with van der Waals surface area (Å²) in [6.45, 7) is 4.25. The molecule has 1 unspecified atom stereocenters. The predicted molar refractivity (Wildman–Crippen MR) is 62.7 cm³/mol. The summed E-state index contributed by atoms with van der Waals surface area (Å²) in [5.41, 5.74) is 1.16. The van der Waals surface area contributed by atoms with Crippen LogP contribution in [-0.4, -0.2) is 10.9 Å². The largest absolute Gasteiger partial charge is 0.515 e. The molecule has 0 aliphatic heterocycles. The van der Waals surface area contributed by atoms with Gasteiger partial charge in [-0.1, -0.05) is 19.8 Å². The maximum Gasteiger partial charge on any atom is 0.184 e. The third kappa shape index (κ3) is 1.31. The van der Waals surface area contributed by atoms with Crippen molar-refractivity contribution in [1.82, 2.24) is 0 Å². The molecule has 1 saturated carbocycles. The topological polar surface area (TPSA) is 37.3 Å². The fraction of sp³-hybridized carbons (Fsp3) is 0.500.